The lowest BCUT2D eigenvalue weighted by atomic mass is 9.88. The Balaban J connectivity index is 2.20. The summed E-state index contributed by atoms with van der Waals surface area (Å²) in [4.78, 5) is 9.95. The number of methoxy groups -OCH3 is 1. The summed E-state index contributed by atoms with van der Waals surface area (Å²) in [6.45, 7) is 1.08. The fourth-order valence-electron chi connectivity index (χ4n) is 1.78. The largest absolute Gasteiger partial charge is 0.468 e. The molecule has 1 aliphatic rings. The van der Waals surface area contributed by atoms with Gasteiger partial charge in [0, 0.05) is 7.11 Å². The van der Waals surface area contributed by atoms with E-state index in [0.29, 0.717) is 25.1 Å². The molecule has 70 valence electrons. The van der Waals surface area contributed by atoms with Crippen LogP contribution in [-0.4, -0.2) is 26.3 Å². The number of hydrogen-bond acceptors (Lipinski definition) is 3. The second kappa shape index (κ2) is 5.14. The fraction of sp³-hybridized carbons (Fsp3) is 0.889. The number of carbonyl (C=O) groups is 1. The molecule has 1 saturated carbocycles. The van der Waals surface area contributed by atoms with Crippen molar-refractivity contribution >= 4 is 6.47 Å². The second-order valence-electron chi connectivity index (χ2n) is 3.32. The molecule has 0 aromatic heterocycles. The van der Waals surface area contributed by atoms with E-state index in [4.69, 9.17) is 9.47 Å². The summed E-state index contributed by atoms with van der Waals surface area (Å²) < 4.78 is 9.99. The average molecular weight is 172 g/mol. The molecule has 1 rings (SSSR count). The molecule has 0 aromatic rings. The molecule has 0 saturated heterocycles. The first-order valence-electron chi connectivity index (χ1n) is 4.45. The molecular weight excluding hydrogens is 156 g/mol. The lowest BCUT2D eigenvalue weighted by Gasteiger charge is -2.27. The van der Waals surface area contributed by atoms with Crippen molar-refractivity contribution in [3.8, 4) is 0 Å². The van der Waals surface area contributed by atoms with Crippen molar-refractivity contribution in [3.05, 3.63) is 0 Å². The molecule has 0 aromatic carbocycles. The van der Waals surface area contributed by atoms with Gasteiger partial charge in [-0.15, -0.1) is 0 Å². The minimum Gasteiger partial charge on any atom is -0.468 e. The molecule has 0 spiro atoms. The average Bonchev–Trinajstić information content (AvgIpc) is 2.15. The van der Waals surface area contributed by atoms with Gasteiger partial charge in [-0.05, 0) is 25.2 Å². The van der Waals surface area contributed by atoms with Crippen LogP contribution in [0, 0.1) is 5.92 Å². The van der Waals surface area contributed by atoms with Crippen molar-refractivity contribution < 1.29 is 14.3 Å². The minimum absolute atomic E-state index is 0.374. The zero-order chi connectivity index (χ0) is 8.81. The van der Waals surface area contributed by atoms with E-state index in [2.05, 4.69) is 0 Å². The molecule has 1 aliphatic carbocycles. The second-order valence-corrected chi connectivity index (χ2v) is 3.32. The van der Waals surface area contributed by atoms with Gasteiger partial charge in [-0.25, -0.2) is 0 Å². The molecule has 1 fully saturated rings. The van der Waals surface area contributed by atoms with Gasteiger partial charge in [0.25, 0.3) is 6.47 Å². The Bertz CT molecular complexity index is 136. The van der Waals surface area contributed by atoms with Crippen LogP contribution in [0.1, 0.15) is 25.7 Å². The molecule has 2 unspecified atom stereocenters. The maximum Gasteiger partial charge on any atom is 0.293 e. The van der Waals surface area contributed by atoms with Gasteiger partial charge in [0.2, 0.25) is 0 Å². The number of hydrogen-bond donors (Lipinski definition) is 0. The molecule has 2 atom stereocenters. The van der Waals surface area contributed by atoms with Crippen molar-refractivity contribution in [2.24, 2.45) is 5.92 Å². The van der Waals surface area contributed by atoms with Crippen molar-refractivity contribution in [3.63, 3.8) is 0 Å². The first kappa shape index (κ1) is 9.52. The summed E-state index contributed by atoms with van der Waals surface area (Å²) >= 11 is 0. The van der Waals surface area contributed by atoms with Gasteiger partial charge in [-0.2, -0.15) is 0 Å². The first-order chi connectivity index (χ1) is 5.86. The minimum atomic E-state index is 0.374. The Hall–Kier alpha value is -0.570. The molecule has 0 bridgehead atoms. The predicted molar refractivity (Wildman–Crippen MR) is 44.8 cm³/mol. The molecule has 0 radical (unpaired) electrons. The van der Waals surface area contributed by atoms with E-state index in [1.807, 2.05) is 0 Å². The topological polar surface area (TPSA) is 35.5 Å². The third-order valence-electron chi connectivity index (χ3n) is 2.47. The van der Waals surface area contributed by atoms with Crippen molar-refractivity contribution in [1.82, 2.24) is 0 Å². The highest BCUT2D eigenvalue weighted by Gasteiger charge is 2.21. The Kier molecular flexibility index (Phi) is 4.08. The summed E-state index contributed by atoms with van der Waals surface area (Å²) in [7, 11) is 1.74. The van der Waals surface area contributed by atoms with Crippen molar-refractivity contribution in [2.75, 3.05) is 13.7 Å². The van der Waals surface area contributed by atoms with Crippen LogP contribution in [0.15, 0.2) is 0 Å². The Labute approximate surface area is 73.0 Å². The fourth-order valence-corrected chi connectivity index (χ4v) is 1.78. The smallest absolute Gasteiger partial charge is 0.293 e. The molecule has 0 aliphatic heterocycles. The molecular formula is C9H16O3. The monoisotopic (exact) mass is 172 g/mol. The van der Waals surface area contributed by atoms with Gasteiger partial charge >= 0.3 is 0 Å². The van der Waals surface area contributed by atoms with Crippen LogP contribution in [0.25, 0.3) is 0 Å². The van der Waals surface area contributed by atoms with E-state index in [1.54, 1.807) is 7.11 Å². The van der Waals surface area contributed by atoms with Gasteiger partial charge in [-0.3, -0.25) is 4.79 Å². The maximum atomic E-state index is 9.95. The van der Waals surface area contributed by atoms with Gasteiger partial charge in [0.1, 0.15) is 0 Å². The number of carbonyl (C=O) groups excluding carboxylic acids is 1. The highest BCUT2D eigenvalue weighted by Crippen LogP contribution is 2.25. The van der Waals surface area contributed by atoms with Crippen LogP contribution in [0.3, 0.4) is 0 Å². The zero-order valence-electron chi connectivity index (χ0n) is 7.49. The van der Waals surface area contributed by atoms with Crippen LogP contribution in [-0.2, 0) is 14.3 Å². The zero-order valence-corrected chi connectivity index (χ0v) is 7.49. The lowest BCUT2D eigenvalue weighted by molar-refractivity contribution is -0.130. The van der Waals surface area contributed by atoms with Crippen LogP contribution >= 0.6 is 0 Å². The van der Waals surface area contributed by atoms with Crippen LogP contribution < -0.4 is 0 Å². The Morgan fingerprint density at radius 1 is 1.50 bits per heavy atom. The predicted octanol–water partition coefficient (Wildman–Crippen LogP) is 1.36. The summed E-state index contributed by atoms with van der Waals surface area (Å²) in [6.07, 6.45) is 4.90. The number of ether oxygens (including phenoxy) is 2. The first-order valence-corrected chi connectivity index (χ1v) is 4.45. The van der Waals surface area contributed by atoms with E-state index in [1.165, 1.54) is 6.42 Å². The summed E-state index contributed by atoms with van der Waals surface area (Å²) in [5.41, 5.74) is 0. The lowest BCUT2D eigenvalue weighted by Crippen LogP contribution is -2.24. The highest BCUT2D eigenvalue weighted by atomic mass is 16.5. The third kappa shape index (κ3) is 2.81. The summed E-state index contributed by atoms with van der Waals surface area (Å²) in [5.74, 6) is 0.508. The highest BCUT2D eigenvalue weighted by molar-refractivity contribution is 5.36. The Morgan fingerprint density at radius 3 is 3.00 bits per heavy atom. The van der Waals surface area contributed by atoms with Gasteiger partial charge in [-0.1, -0.05) is 6.42 Å². The Morgan fingerprint density at radius 2 is 2.33 bits per heavy atom. The van der Waals surface area contributed by atoms with E-state index < -0.39 is 0 Å². The van der Waals surface area contributed by atoms with E-state index in [0.717, 1.165) is 19.3 Å². The van der Waals surface area contributed by atoms with Gasteiger partial charge < -0.3 is 9.47 Å². The third-order valence-corrected chi connectivity index (χ3v) is 2.47. The van der Waals surface area contributed by atoms with E-state index >= 15 is 0 Å². The molecule has 3 nitrogen and oxygen atoms in total. The normalized spacial score (nSPS) is 29.8. The van der Waals surface area contributed by atoms with Gasteiger partial charge in [0.15, 0.2) is 0 Å². The van der Waals surface area contributed by atoms with Crippen molar-refractivity contribution in [1.29, 1.82) is 0 Å². The maximum absolute atomic E-state index is 9.95. The van der Waals surface area contributed by atoms with Crippen LogP contribution in [0.5, 0.6) is 0 Å². The molecule has 12 heavy (non-hydrogen) atoms. The standard InChI is InChI=1S/C9H16O3/c1-11-9-4-2-3-8(5-9)6-12-7-10/h7-9H,2-6H2,1H3. The van der Waals surface area contributed by atoms with Gasteiger partial charge in [0.05, 0.1) is 12.7 Å². The summed E-state index contributed by atoms with van der Waals surface area (Å²) in [5, 5.41) is 0. The van der Waals surface area contributed by atoms with Crippen LogP contribution in [0.4, 0.5) is 0 Å². The molecule has 0 N–H and O–H groups in total. The molecule has 0 amide bonds. The molecule has 0 heterocycles. The van der Waals surface area contributed by atoms with E-state index in [-0.39, 0.29) is 0 Å². The quantitative estimate of drug-likeness (QED) is 0.601. The SMILES string of the molecule is COC1CCCC(COC=O)C1. The van der Waals surface area contributed by atoms with E-state index in [9.17, 15) is 4.79 Å². The summed E-state index contributed by atoms with van der Waals surface area (Å²) in [6, 6.07) is 0. The van der Waals surface area contributed by atoms with Crippen molar-refractivity contribution in [2.45, 2.75) is 31.8 Å². The molecule has 3 heteroatoms. The number of rotatable bonds is 4. The van der Waals surface area contributed by atoms with Crippen LogP contribution in [0.2, 0.25) is 0 Å².